The minimum absolute atomic E-state index is 0.189. The lowest BCUT2D eigenvalue weighted by Crippen LogP contribution is -2.65. The molecule has 1 saturated heterocycles. The van der Waals surface area contributed by atoms with Crippen LogP contribution in [0.1, 0.15) is 32.6 Å². The van der Waals surface area contributed by atoms with Crippen LogP contribution in [0.2, 0.25) is 0 Å². The van der Waals surface area contributed by atoms with Gasteiger partial charge in [0.2, 0.25) is 5.91 Å². The van der Waals surface area contributed by atoms with Crippen molar-refractivity contribution in [3.8, 4) is 0 Å². The van der Waals surface area contributed by atoms with Crippen molar-refractivity contribution in [2.75, 3.05) is 13.1 Å². The zero-order chi connectivity index (χ0) is 10.6. The minimum atomic E-state index is -0.515. The number of hydrogen-bond acceptors (Lipinski definition) is 2. The topological polar surface area (TPSA) is 40.5 Å². The molecule has 2 aliphatic carbocycles. The molecule has 3 rings (SSSR count). The molecule has 1 unspecified atom stereocenters. The van der Waals surface area contributed by atoms with Crippen LogP contribution in [-0.2, 0) is 4.79 Å². The zero-order valence-corrected chi connectivity index (χ0v) is 9.28. The molecule has 3 heteroatoms. The third kappa shape index (κ3) is 1.57. The first-order valence-corrected chi connectivity index (χ1v) is 6.11. The molecule has 0 aromatic rings. The lowest BCUT2D eigenvalue weighted by molar-refractivity contribution is -0.163. The van der Waals surface area contributed by atoms with E-state index in [1.54, 1.807) is 0 Å². The second-order valence-corrected chi connectivity index (χ2v) is 5.70. The van der Waals surface area contributed by atoms with E-state index in [2.05, 4.69) is 0 Å². The van der Waals surface area contributed by atoms with Crippen LogP contribution in [0.5, 0.6) is 0 Å². The smallest absolute Gasteiger partial charge is 0.225 e. The molecule has 0 spiro atoms. The summed E-state index contributed by atoms with van der Waals surface area (Å²) in [5.41, 5.74) is -0.515. The summed E-state index contributed by atoms with van der Waals surface area (Å²) in [6.07, 6.45) is 4.73. The number of aliphatic hydroxyl groups is 1. The van der Waals surface area contributed by atoms with Crippen molar-refractivity contribution in [1.82, 2.24) is 4.90 Å². The highest BCUT2D eigenvalue weighted by atomic mass is 16.3. The molecule has 84 valence electrons. The van der Waals surface area contributed by atoms with Crippen LogP contribution in [0.4, 0.5) is 0 Å². The Hall–Kier alpha value is -0.570. The first kappa shape index (κ1) is 9.64. The Bertz CT molecular complexity index is 288. The van der Waals surface area contributed by atoms with Gasteiger partial charge < -0.3 is 10.0 Å². The molecule has 3 fully saturated rings. The Morgan fingerprint density at radius 3 is 2.40 bits per heavy atom. The van der Waals surface area contributed by atoms with Gasteiger partial charge in [-0.2, -0.15) is 0 Å². The van der Waals surface area contributed by atoms with E-state index in [0.717, 1.165) is 12.8 Å². The third-order valence-corrected chi connectivity index (χ3v) is 4.30. The Kier molecular flexibility index (Phi) is 1.91. The number of likely N-dealkylation sites (tertiary alicyclic amines) is 1. The largest absolute Gasteiger partial charge is 0.386 e. The van der Waals surface area contributed by atoms with Gasteiger partial charge in [-0.1, -0.05) is 6.92 Å². The van der Waals surface area contributed by atoms with Crippen molar-refractivity contribution in [3.63, 3.8) is 0 Å². The number of carbonyl (C=O) groups excluding carboxylic acids is 1. The van der Waals surface area contributed by atoms with Crippen LogP contribution in [0.3, 0.4) is 0 Å². The van der Waals surface area contributed by atoms with E-state index in [9.17, 15) is 9.90 Å². The van der Waals surface area contributed by atoms with Gasteiger partial charge in [-0.05, 0) is 37.5 Å². The molecule has 1 aliphatic heterocycles. The summed E-state index contributed by atoms with van der Waals surface area (Å²) in [6, 6.07) is 0. The predicted octanol–water partition coefficient (Wildman–Crippen LogP) is 1.02. The van der Waals surface area contributed by atoms with Crippen LogP contribution in [0.15, 0.2) is 0 Å². The standard InChI is InChI=1S/C12H19NO2/c1-8(9-2-3-9)11(14)13-6-12(15,7-13)10-4-5-10/h8-10,15H,2-7H2,1H3. The van der Waals surface area contributed by atoms with Crippen molar-refractivity contribution in [1.29, 1.82) is 0 Å². The predicted molar refractivity (Wildman–Crippen MR) is 56.1 cm³/mol. The second-order valence-electron chi connectivity index (χ2n) is 5.70. The summed E-state index contributed by atoms with van der Waals surface area (Å²) in [5, 5.41) is 10.1. The molecule has 1 N–H and O–H groups in total. The SMILES string of the molecule is CC(C(=O)N1CC(O)(C2CC2)C1)C1CC1. The molecule has 3 nitrogen and oxygen atoms in total. The van der Waals surface area contributed by atoms with E-state index >= 15 is 0 Å². The lowest BCUT2D eigenvalue weighted by atomic mass is 9.87. The van der Waals surface area contributed by atoms with Crippen molar-refractivity contribution in [2.24, 2.45) is 17.8 Å². The number of β-amino-alcohol motifs (C(OH)–C–C–N with tert-alkyl or cyclic N) is 1. The van der Waals surface area contributed by atoms with Crippen LogP contribution in [0, 0.1) is 17.8 Å². The van der Waals surface area contributed by atoms with Gasteiger partial charge in [-0.3, -0.25) is 4.79 Å². The van der Waals surface area contributed by atoms with E-state index in [0.29, 0.717) is 24.9 Å². The highest BCUT2D eigenvalue weighted by molar-refractivity contribution is 5.80. The van der Waals surface area contributed by atoms with Gasteiger partial charge in [0.05, 0.1) is 13.1 Å². The van der Waals surface area contributed by atoms with Gasteiger partial charge >= 0.3 is 0 Å². The van der Waals surface area contributed by atoms with Crippen LogP contribution >= 0.6 is 0 Å². The Morgan fingerprint density at radius 2 is 1.93 bits per heavy atom. The van der Waals surface area contributed by atoms with E-state index in [4.69, 9.17) is 0 Å². The maximum atomic E-state index is 12.0. The molecule has 0 radical (unpaired) electrons. The summed E-state index contributed by atoms with van der Waals surface area (Å²) in [5.74, 6) is 1.57. The third-order valence-electron chi connectivity index (χ3n) is 4.30. The van der Waals surface area contributed by atoms with Crippen molar-refractivity contribution in [3.05, 3.63) is 0 Å². The number of carbonyl (C=O) groups is 1. The fourth-order valence-corrected chi connectivity index (χ4v) is 2.74. The summed E-state index contributed by atoms with van der Waals surface area (Å²) >= 11 is 0. The molecule has 0 bridgehead atoms. The quantitative estimate of drug-likeness (QED) is 0.753. The van der Waals surface area contributed by atoms with Gasteiger partial charge in [-0.15, -0.1) is 0 Å². The van der Waals surface area contributed by atoms with Crippen LogP contribution in [-0.4, -0.2) is 34.6 Å². The first-order valence-electron chi connectivity index (χ1n) is 6.11. The van der Waals surface area contributed by atoms with Crippen molar-refractivity contribution < 1.29 is 9.90 Å². The fraction of sp³-hybridized carbons (Fsp3) is 0.917. The number of rotatable bonds is 3. The molecule has 1 heterocycles. The van der Waals surface area contributed by atoms with Gasteiger partial charge in [0.1, 0.15) is 5.60 Å². The maximum Gasteiger partial charge on any atom is 0.225 e. The molecular weight excluding hydrogens is 190 g/mol. The average molecular weight is 209 g/mol. The van der Waals surface area contributed by atoms with Crippen LogP contribution < -0.4 is 0 Å². The van der Waals surface area contributed by atoms with Gasteiger partial charge in [0, 0.05) is 5.92 Å². The highest BCUT2D eigenvalue weighted by Gasteiger charge is 2.54. The van der Waals surface area contributed by atoms with Gasteiger partial charge in [0.15, 0.2) is 0 Å². The number of amides is 1. The van der Waals surface area contributed by atoms with Crippen molar-refractivity contribution >= 4 is 5.91 Å². The minimum Gasteiger partial charge on any atom is -0.386 e. The molecule has 1 amide bonds. The summed E-state index contributed by atoms with van der Waals surface area (Å²) < 4.78 is 0. The monoisotopic (exact) mass is 209 g/mol. The molecule has 2 saturated carbocycles. The average Bonchev–Trinajstić information content (AvgIpc) is 3.03. The highest BCUT2D eigenvalue weighted by Crippen LogP contribution is 2.46. The Balaban J connectivity index is 1.55. The normalized spacial score (nSPS) is 30.9. The maximum absolute atomic E-state index is 12.0. The molecule has 3 aliphatic rings. The fourth-order valence-electron chi connectivity index (χ4n) is 2.74. The molecule has 15 heavy (non-hydrogen) atoms. The molecular formula is C12H19NO2. The summed E-state index contributed by atoms with van der Waals surface area (Å²) in [7, 11) is 0. The van der Waals surface area contributed by atoms with E-state index in [1.807, 2.05) is 11.8 Å². The summed E-state index contributed by atoms with van der Waals surface area (Å²) in [6.45, 7) is 3.22. The second kappa shape index (κ2) is 2.97. The summed E-state index contributed by atoms with van der Waals surface area (Å²) in [4.78, 5) is 13.8. The first-order chi connectivity index (χ1) is 7.10. The Morgan fingerprint density at radius 1 is 1.33 bits per heavy atom. The van der Waals surface area contributed by atoms with Gasteiger partial charge in [0.25, 0.3) is 0 Å². The lowest BCUT2D eigenvalue weighted by Gasteiger charge is -2.47. The molecule has 0 aromatic heterocycles. The molecule has 0 aromatic carbocycles. The number of hydrogen-bond donors (Lipinski definition) is 1. The van der Waals surface area contributed by atoms with E-state index < -0.39 is 5.60 Å². The van der Waals surface area contributed by atoms with E-state index in [1.165, 1.54) is 12.8 Å². The Labute approximate surface area is 90.5 Å². The zero-order valence-electron chi connectivity index (χ0n) is 9.28. The van der Waals surface area contributed by atoms with Crippen LogP contribution in [0.25, 0.3) is 0 Å². The molecule has 1 atom stereocenters. The number of nitrogens with zero attached hydrogens (tertiary/aromatic N) is 1. The van der Waals surface area contributed by atoms with E-state index in [-0.39, 0.29) is 11.8 Å². The van der Waals surface area contributed by atoms with Crippen molar-refractivity contribution in [2.45, 2.75) is 38.2 Å². The van der Waals surface area contributed by atoms with Gasteiger partial charge in [-0.25, -0.2) is 0 Å².